The van der Waals surface area contributed by atoms with Crippen LogP contribution in [0.1, 0.15) is 19.8 Å². The standard InChI is InChI=1S/C14H21N3O5/c1-10(14(21)22-2)15-5-7-16(8-6-15)13(20)9-17-11(18)3-4-12(17)19/h10H,3-9H2,1-2H3. The van der Waals surface area contributed by atoms with Gasteiger partial charge in [0, 0.05) is 39.0 Å². The number of imide groups is 1. The summed E-state index contributed by atoms with van der Waals surface area (Å²) in [7, 11) is 1.35. The van der Waals surface area contributed by atoms with E-state index in [1.54, 1.807) is 11.8 Å². The second kappa shape index (κ2) is 6.87. The molecule has 1 unspecified atom stereocenters. The first-order valence-corrected chi connectivity index (χ1v) is 7.37. The molecule has 22 heavy (non-hydrogen) atoms. The van der Waals surface area contributed by atoms with Crippen molar-refractivity contribution in [2.45, 2.75) is 25.8 Å². The number of hydrogen-bond acceptors (Lipinski definition) is 6. The van der Waals surface area contributed by atoms with Crippen LogP contribution >= 0.6 is 0 Å². The normalized spacial score (nSPS) is 21.2. The Balaban J connectivity index is 1.83. The highest BCUT2D eigenvalue weighted by Gasteiger charge is 2.33. The van der Waals surface area contributed by atoms with Crippen molar-refractivity contribution < 1.29 is 23.9 Å². The van der Waals surface area contributed by atoms with Crippen LogP contribution in [-0.4, -0.2) is 84.3 Å². The summed E-state index contributed by atoms with van der Waals surface area (Å²) >= 11 is 0. The quantitative estimate of drug-likeness (QED) is 0.481. The molecule has 8 nitrogen and oxygen atoms in total. The summed E-state index contributed by atoms with van der Waals surface area (Å²) in [5.74, 6) is -1.09. The molecule has 0 aromatic heterocycles. The first-order chi connectivity index (χ1) is 10.4. The van der Waals surface area contributed by atoms with Gasteiger partial charge < -0.3 is 9.64 Å². The molecule has 2 rings (SSSR count). The van der Waals surface area contributed by atoms with E-state index in [0.717, 1.165) is 4.90 Å². The number of piperazine rings is 1. The molecule has 0 aromatic carbocycles. The van der Waals surface area contributed by atoms with Crippen molar-refractivity contribution in [1.82, 2.24) is 14.7 Å². The van der Waals surface area contributed by atoms with E-state index in [9.17, 15) is 19.2 Å². The van der Waals surface area contributed by atoms with Crippen LogP contribution in [0.4, 0.5) is 0 Å². The monoisotopic (exact) mass is 311 g/mol. The molecule has 0 aromatic rings. The van der Waals surface area contributed by atoms with Gasteiger partial charge in [-0.2, -0.15) is 0 Å². The molecule has 122 valence electrons. The minimum atomic E-state index is -0.344. The number of hydrogen-bond donors (Lipinski definition) is 0. The lowest BCUT2D eigenvalue weighted by molar-refractivity contribution is -0.149. The van der Waals surface area contributed by atoms with Crippen molar-refractivity contribution in [1.29, 1.82) is 0 Å². The number of esters is 1. The van der Waals surface area contributed by atoms with Gasteiger partial charge in [-0.25, -0.2) is 0 Å². The molecular weight excluding hydrogens is 290 g/mol. The molecule has 3 amide bonds. The van der Waals surface area contributed by atoms with Gasteiger partial charge in [0.25, 0.3) is 0 Å². The molecule has 0 saturated carbocycles. The molecule has 2 saturated heterocycles. The zero-order valence-electron chi connectivity index (χ0n) is 12.9. The summed E-state index contributed by atoms with van der Waals surface area (Å²) in [6.07, 6.45) is 0.382. The summed E-state index contributed by atoms with van der Waals surface area (Å²) in [6, 6.07) is -0.344. The fourth-order valence-corrected chi connectivity index (χ4v) is 2.71. The van der Waals surface area contributed by atoms with Gasteiger partial charge in [-0.1, -0.05) is 0 Å². The Hall–Kier alpha value is -1.96. The van der Waals surface area contributed by atoms with E-state index in [-0.39, 0.29) is 49.1 Å². The summed E-state index contributed by atoms with van der Waals surface area (Å²) in [5.41, 5.74) is 0. The molecule has 0 radical (unpaired) electrons. The zero-order valence-corrected chi connectivity index (χ0v) is 12.9. The van der Waals surface area contributed by atoms with E-state index in [4.69, 9.17) is 4.74 Å². The van der Waals surface area contributed by atoms with E-state index in [2.05, 4.69) is 0 Å². The van der Waals surface area contributed by atoms with Gasteiger partial charge in [0.05, 0.1) is 7.11 Å². The van der Waals surface area contributed by atoms with Gasteiger partial charge in [-0.3, -0.25) is 29.0 Å². The van der Waals surface area contributed by atoms with E-state index in [0.29, 0.717) is 26.2 Å². The van der Waals surface area contributed by atoms with E-state index in [1.807, 2.05) is 4.90 Å². The van der Waals surface area contributed by atoms with Gasteiger partial charge in [0.2, 0.25) is 17.7 Å². The average Bonchev–Trinajstić information content (AvgIpc) is 2.85. The Labute approximate surface area is 129 Å². The minimum absolute atomic E-state index is 0.176. The van der Waals surface area contributed by atoms with Crippen LogP contribution in [0, 0.1) is 0 Å². The molecule has 0 N–H and O–H groups in total. The van der Waals surface area contributed by atoms with Gasteiger partial charge >= 0.3 is 5.97 Å². The molecule has 1 atom stereocenters. The third-order valence-corrected chi connectivity index (χ3v) is 4.21. The molecule has 2 heterocycles. The van der Waals surface area contributed by atoms with Crippen LogP contribution in [0.2, 0.25) is 0 Å². The summed E-state index contributed by atoms with van der Waals surface area (Å²) < 4.78 is 4.71. The Bertz CT molecular complexity index is 469. The SMILES string of the molecule is COC(=O)C(C)N1CCN(C(=O)CN2C(=O)CCC2=O)CC1. The maximum absolute atomic E-state index is 12.2. The number of amides is 3. The second-order valence-electron chi connectivity index (χ2n) is 5.49. The lowest BCUT2D eigenvalue weighted by Crippen LogP contribution is -2.55. The third-order valence-electron chi connectivity index (χ3n) is 4.21. The average molecular weight is 311 g/mol. The van der Waals surface area contributed by atoms with Crippen LogP contribution < -0.4 is 0 Å². The number of rotatable bonds is 4. The highest BCUT2D eigenvalue weighted by atomic mass is 16.5. The lowest BCUT2D eigenvalue weighted by Gasteiger charge is -2.37. The van der Waals surface area contributed by atoms with E-state index in [1.165, 1.54) is 7.11 Å². The fourth-order valence-electron chi connectivity index (χ4n) is 2.71. The predicted octanol–water partition coefficient (Wildman–Crippen LogP) is -1.16. The second-order valence-corrected chi connectivity index (χ2v) is 5.49. The highest BCUT2D eigenvalue weighted by Crippen LogP contribution is 2.13. The van der Waals surface area contributed by atoms with Gasteiger partial charge in [0.1, 0.15) is 12.6 Å². The Kier molecular flexibility index (Phi) is 5.12. The maximum Gasteiger partial charge on any atom is 0.322 e. The van der Waals surface area contributed by atoms with Gasteiger partial charge in [0.15, 0.2) is 0 Å². The number of carbonyl (C=O) groups is 4. The summed E-state index contributed by atoms with van der Waals surface area (Å²) in [5, 5.41) is 0. The molecule has 0 spiro atoms. The van der Waals surface area contributed by atoms with Crippen molar-refractivity contribution in [2.24, 2.45) is 0 Å². The van der Waals surface area contributed by atoms with Crippen LogP contribution in [0.5, 0.6) is 0 Å². The van der Waals surface area contributed by atoms with Crippen molar-refractivity contribution >= 4 is 23.7 Å². The molecule has 2 fully saturated rings. The van der Waals surface area contributed by atoms with Crippen LogP contribution in [0.15, 0.2) is 0 Å². The first-order valence-electron chi connectivity index (χ1n) is 7.37. The lowest BCUT2D eigenvalue weighted by atomic mass is 10.2. The number of nitrogens with zero attached hydrogens (tertiary/aromatic N) is 3. The molecule has 2 aliphatic heterocycles. The zero-order chi connectivity index (χ0) is 16.3. The first kappa shape index (κ1) is 16.4. The van der Waals surface area contributed by atoms with Crippen molar-refractivity contribution in [3.8, 4) is 0 Å². The number of likely N-dealkylation sites (tertiary alicyclic amines) is 1. The Morgan fingerprint density at radius 3 is 2.14 bits per heavy atom. The number of ether oxygens (including phenoxy) is 1. The van der Waals surface area contributed by atoms with Crippen LogP contribution in [0.3, 0.4) is 0 Å². The Morgan fingerprint density at radius 2 is 1.64 bits per heavy atom. The minimum Gasteiger partial charge on any atom is -0.468 e. The van der Waals surface area contributed by atoms with Crippen LogP contribution in [-0.2, 0) is 23.9 Å². The van der Waals surface area contributed by atoms with Gasteiger partial charge in [-0.05, 0) is 6.92 Å². The smallest absolute Gasteiger partial charge is 0.322 e. The summed E-state index contributed by atoms with van der Waals surface area (Å²) in [6.45, 7) is 3.65. The molecular formula is C14H21N3O5. The summed E-state index contributed by atoms with van der Waals surface area (Å²) in [4.78, 5) is 51.3. The number of carbonyl (C=O) groups excluding carboxylic acids is 4. The van der Waals surface area contributed by atoms with Crippen molar-refractivity contribution in [2.75, 3.05) is 39.8 Å². The third kappa shape index (κ3) is 3.44. The van der Waals surface area contributed by atoms with E-state index >= 15 is 0 Å². The molecule has 8 heteroatoms. The van der Waals surface area contributed by atoms with Crippen molar-refractivity contribution in [3.63, 3.8) is 0 Å². The maximum atomic E-state index is 12.2. The fraction of sp³-hybridized carbons (Fsp3) is 0.714. The predicted molar refractivity (Wildman–Crippen MR) is 75.6 cm³/mol. The molecule has 0 bridgehead atoms. The Morgan fingerprint density at radius 1 is 1.09 bits per heavy atom. The van der Waals surface area contributed by atoms with E-state index < -0.39 is 0 Å². The number of methoxy groups -OCH3 is 1. The largest absolute Gasteiger partial charge is 0.468 e. The van der Waals surface area contributed by atoms with Gasteiger partial charge in [-0.15, -0.1) is 0 Å². The van der Waals surface area contributed by atoms with Crippen molar-refractivity contribution in [3.05, 3.63) is 0 Å². The molecule has 0 aliphatic carbocycles. The highest BCUT2D eigenvalue weighted by molar-refractivity contribution is 6.04. The topological polar surface area (TPSA) is 87.2 Å². The van der Waals surface area contributed by atoms with Crippen LogP contribution in [0.25, 0.3) is 0 Å². The molecule has 2 aliphatic rings.